The number of hydrogen-bond acceptors (Lipinski definition) is 3. The molecule has 0 spiro atoms. The predicted molar refractivity (Wildman–Crippen MR) is 104 cm³/mol. The zero-order chi connectivity index (χ0) is 19.3. The third-order valence-electron chi connectivity index (χ3n) is 5.35. The Morgan fingerprint density at radius 2 is 1.04 bits per heavy atom. The van der Waals surface area contributed by atoms with Gasteiger partial charge in [0.25, 0.3) is 17.7 Å². The van der Waals surface area contributed by atoms with Gasteiger partial charge in [-0.15, -0.1) is 0 Å². The minimum atomic E-state index is -0.852. The fourth-order valence-corrected chi connectivity index (χ4v) is 4.04. The van der Waals surface area contributed by atoms with E-state index in [1.807, 2.05) is 60.7 Å². The molecule has 2 aliphatic rings. The van der Waals surface area contributed by atoms with Crippen molar-refractivity contribution in [3.05, 3.63) is 102 Å². The number of carbonyl (C=O) groups is 3. The molecule has 0 aliphatic carbocycles. The number of nitrogens with zero attached hydrogens (tertiary/aromatic N) is 2. The Bertz CT molecular complexity index is 1060. The van der Waals surface area contributed by atoms with E-state index in [0.29, 0.717) is 11.1 Å². The first-order valence-corrected chi connectivity index (χ1v) is 9.08. The van der Waals surface area contributed by atoms with E-state index in [1.54, 1.807) is 29.2 Å². The monoisotopic (exact) mass is 368 g/mol. The molecule has 136 valence electrons. The largest absolute Gasteiger partial charge is 0.300 e. The molecule has 2 heterocycles. The third kappa shape index (κ3) is 2.23. The molecule has 5 heteroatoms. The zero-order valence-corrected chi connectivity index (χ0v) is 14.9. The van der Waals surface area contributed by atoms with Crippen molar-refractivity contribution >= 4 is 23.4 Å². The lowest BCUT2D eigenvalue weighted by Crippen LogP contribution is -2.67. The zero-order valence-electron chi connectivity index (χ0n) is 14.9. The van der Waals surface area contributed by atoms with Crippen LogP contribution < -0.4 is 4.90 Å². The number of anilines is 1. The molecule has 2 unspecified atom stereocenters. The normalized spacial score (nSPS) is 20.9. The second-order valence-electron chi connectivity index (χ2n) is 6.87. The Hall–Kier alpha value is -3.73. The fraction of sp³-hybridized carbons (Fsp3) is 0.0870. The minimum absolute atomic E-state index is 0.255. The molecule has 5 nitrogen and oxygen atoms in total. The van der Waals surface area contributed by atoms with Gasteiger partial charge in [-0.3, -0.25) is 19.3 Å². The summed E-state index contributed by atoms with van der Waals surface area (Å²) in [5, 5.41) is 0. The summed E-state index contributed by atoms with van der Waals surface area (Å²) in [6, 6.07) is 24.3. The molecule has 0 aromatic heterocycles. The van der Waals surface area contributed by atoms with Crippen LogP contribution in [0.4, 0.5) is 5.69 Å². The summed E-state index contributed by atoms with van der Waals surface area (Å²) in [6.07, 6.45) is 0. The van der Waals surface area contributed by atoms with Crippen molar-refractivity contribution in [2.24, 2.45) is 0 Å². The van der Waals surface area contributed by atoms with Gasteiger partial charge in [0.15, 0.2) is 0 Å². The Labute approximate surface area is 161 Å². The number of para-hydroxylation sites is 1. The second-order valence-corrected chi connectivity index (χ2v) is 6.87. The Balaban J connectivity index is 1.59. The van der Waals surface area contributed by atoms with E-state index < -0.39 is 23.9 Å². The van der Waals surface area contributed by atoms with E-state index in [9.17, 15) is 14.4 Å². The molecule has 0 bridgehead atoms. The maximum absolute atomic E-state index is 13.2. The van der Waals surface area contributed by atoms with Crippen LogP contribution >= 0.6 is 0 Å². The molecule has 5 rings (SSSR count). The molecule has 1 saturated heterocycles. The standard InChI is InChI=1S/C23H16N2O3/c26-21-17-13-7-8-14-18(17)22(27)25(21)20-19(15-9-3-1-4-10-15)24(23(20)28)16-11-5-2-6-12-16/h1-14,19-20H. The van der Waals surface area contributed by atoms with Crippen molar-refractivity contribution in [2.75, 3.05) is 4.90 Å². The summed E-state index contributed by atoms with van der Waals surface area (Å²) in [7, 11) is 0. The van der Waals surface area contributed by atoms with Crippen LogP contribution in [0.2, 0.25) is 0 Å². The van der Waals surface area contributed by atoms with Crippen molar-refractivity contribution in [3.8, 4) is 0 Å². The molecule has 1 fully saturated rings. The highest BCUT2D eigenvalue weighted by atomic mass is 16.2. The van der Waals surface area contributed by atoms with E-state index in [2.05, 4.69) is 0 Å². The molecule has 2 atom stereocenters. The highest BCUT2D eigenvalue weighted by Gasteiger charge is 2.57. The van der Waals surface area contributed by atoms with Gasteiger partial charge < -0.3 is 4.90 Å². The number of fused-ring (bicyclic) bond motifs is 1. The first kappa shape index (κ1) is 16.4. The average Bonchev–Trinajstić information content (AvgIpc) is 2.99. The van der Waals surface area contributed by atoms with Gasteiger partial charge in [0.2, 0.25) is 0 Å². The number of benzene rings is 3. The first-order chi connectivity index (χ1) is 13.7. The Kier molecular flexibility index (Phi) is 3.62. The molecular weight excluding hydrogens is 352 g/mol. The average molecular weight is 368 g/mol. The quantitative estimate of drug-likeness (QED) is 0.526. The lowest BCUT2D eigenvalue weighted by molar-refractivity contribution is -0.130. The molecule has 28 heavy (non-hydrogen) atoms. The fourth-order valence-electron chi connectivity index (χ4n) is 4.04. The highest BCUT2D eigenvalue weighted by Crippen LogP contribution is 2.43. The van der Waals surface area contributed by atoms with Gasteiger partial charge in [0, 0.05) is 5.69 Å². The third-order valence-corrected chi connectivity index (χ3v) is 5.35. The van der Waals surface area contributed by atoms with Crippen molar-refractivity contribution in [3.63, 3.8) is 0 Å². The predicted octanol–water partition coefficient (Wildman–Crippen LogP) is 3.44. The summed E-state index contributed by atoms with van der Waals surface area (Å²) in [5.74, 6) is -1.07. The molecule has 0 N–H and O–H groups in total. The van der Waals surface area contributed by atoms with Crippen molar-refractivity contribution in [1.29, 1.82) is 0 Å². The molecule has 3 aromatic rings. The van der Waals surface area contributed by atoms with E-state index in [4.69, 9.17) is 0 Å². The topological polar surface area (TPSA) is 57.7 Å². The molecule has 3 aromatic carbocycles. The van der Waals surface area contributed by atoms with Crippen LogP contribution in [0.5, 0.6) is 0 Å². The summed E-state index contributed by atoms with van der Waals surface area (Å²) in [6.45, 7) is 0. The number of rotatable bonds is 3. The van der Waals surface area contributed by atoms with E-state index in [-0.39, 0.29) is 5.91 Å². The number of hydrogen-bond donors (Lipinski definition) is 0. The smallest absolute Gasteiger partial charge is 0.262 e. The SMILES string of the molecule is O=C1c2ccccc2C(=O)N1C1C(=O)N(c2ccccc2)C1c1ccccc1. The van der Waals surface area contributed by atoms with Crippen molar-refractivity contribution < 1.29 is 14.4 Å². The summed E-state index contributed by atoms with van der Waals surface area (Å²) < 4.78 is 0. The van der Waals surface area contributed by atoms with Gasteiger partial charge in [0.1, 0.15) is 6.04 Å². The van der Waals surface area contributed by atoms with Gasteiger partial charge in [0.05, 0.1) is 17.2 Å². The highest BCUT2D eigenvalue weighted by molar-refractivity contribution is 6.24. The van der Waals surface area contributed by atoms with Crippen LogP contribution in [0.1, 0.15) is 32.3 Å². The van der Waals surface area contributed by atoms with Crippen LogP contribution in [0.15, 0.2) is 84.9 Å². The Morgan fingerprint density at radius 3 is 1.61 bits per heavy atom. The van der Waals surface area contributed by atoms with Crippen molar-refractivity contribution in [1.82, 2.24) is 4.90 Å². The lowest BCUT2D eigenvalue weighted by atomic mass is 9.86. The van der Waals surface area contributed by atoms with Crippen LogP contribution in [0, 0.1) is 0 Å². The van der Waals surface area contributed by atoms with Gasteiger partial charge >= 0.3 is 0 Å². The number of β-lactam (4-membered cyclic amide) rings is 1. The van der Waals surface area contributed by atoms with Crippen LogP contribution in [-0.4, -0.2) is 28.7 Å². The Morgan fingerprint density at radius 1 is 0.536 bits per heavy atom. The molecule has 0 saturated carbocycles. The van der Waals surface area contributed by atoms with Gasteiger partial charge in [-0.25, -0.2) is 0 Å². The summed E-state index contributed by atoms with van der Waals surface area (Å²) in [5.41, 5.74) is 2.33. The molecular formula is C23H16N2O3. The van der Waals surface area contributed by atoms with Crippen molar-refractivity contribution in [2.45, 2.75) is 12.1 Å². The maximum atomic E-state index is 13.2. The van der Waals surface area contributed by atoms with Gasteiger partial charge in [-0.1, -0.05) is 60.7 Å². The lowest BCUT2D eigenvalue weighted by Gasteiger charge is -2.49. The van der Waals surface area contributed by atoms with E-state index in [0.717, 1.165) is 16.2 Å². The first-order valence-electron chi connectivity index (χ1n) is 9.08. The number of carbonyl (C=O) groups excluding carboxylic acids is 3. The second kappa shape index (κ2) is 6.16. The number of amides is 3. The maximum Gasteiger partial charge on any atom is 0.262 e. The van der Waals surface area contributed by atoms with Gasteiger partial charge in [-0.05, 0) is 29.8 Å². The van der Waals surface area contributed by atoms with Crippen LogP contribution in [-0.2, 0) is 4.79 Å². The summed E-state index contributed by atoms with van der Waals surface area (Å²) >= 11 is 0. The minimum Gasteiger partial charge on any atom is -0.300 e. The van der Waals surface area contributed by atoms with Crippen LogP contribution in [0.3, 0.4) is 0 Å². The van der Waals surface area contributed by atoms with Gasteiger partial charge in [-0.2, -0.15) is 0 Å². The number of imide groups is 1. The summed E-state index contributed by atoms with van der Waals surface area (Å²) in [4.78, 5) is 41.8. The van der Waals surface area contributed by atoms with Crippen LogP contribution in [0.25, 0.3) is 0 Å². The van der Waals surface area contributed by atoms with E-state index >= 15 is 0 Å². The molecule has 0 radical (unpaired) electrons. The molecule has 2 aliphatic heterocycles. The van der Waals surface area contributed by atoms with E-state index in [1.165, 1.54) is 0 Å². The molecule has 3 amide bonds.